The maximum absolute atomic E-state index is 11.8. The smallest absolute Gasteiger partial charge is 0.242 e. The quantitative estimate of drug-likeness (QED) is 0.718. The fourth-order valence-corrected chi connectivity index (χ4v) is 1.82. The zero-order chi connectivity index (χ0) is 12.8. The SMILES string of the molecule is [CH]C(=O)NC(C(=O)NCC1CCCO1)C(C)C. The molecule has 5 heteroatoms. The van der Waals surface area contributed by atoms with Crippen molar-refractivity contribution in [2.45, 2.75) is 38.8 Å². The molecular formula is C12H20N2O3. The Labute approximate surface area is 102 Å². The van der Waals surface area contributed by atoms with Crippen LogP contribution in [0.5, 0.6) is 0 Å². The molecule has 0 bridgehead atoms. The summed E-state index contributed by atoms with van der Waals surface area (Å²) >= 11 is 0. The summed E-state index contributed by atoms with van der Waals surface area (Å²) in [6.07, 6.45) is 2.10. The minimum atomic E-state index is -0.684. The first-order valence-electron chi connectivity index (χ1n) is 5.96. The maximum atomic E-state index is 11.8. The standard InChI is InChI=1S/C12H20N2O3/c1-8(2)11(14-9(3)15)12(16)13-7-10-5-4-6-17-10/h3,8,10-11H,4-7H2,1-2H3,(H,13,16)(H,14,15). The number of ether oxygens (including phenoxy) is 1. The molecule has 0 saturated carbocycles. The van der Waals surface area contributed by atoms with Gasteiger partial charge in [-0.3, -0.25) is 9.59 Å². The molecule has 0 aromatic rings. The number of carbonyl (C=O) groups excluding carboxylic acids is 2. The molecule has 2 N–H and O–H groups in total. The summed E-state index contributed by atoms with van der Waals surface area (Å²) in [7, 11) is 0. The van der Waals surface area contributed by atoms with E-state index in [1.807, 2.05) is 13.8 Å². The van der Waals surface area contributed by atoms with Crippen molar-refractivity contribution in [3.05, 3.63) is 6.92 Å². The molecule has 1 fully saturated rings. The summed E-state index contributed by atoms with van der Waals surface area (Å²) in [5, 5.41) is 5.22. The normalized spacial score (nSPS) is 21.3. The third-order valence-corrected chi connectivity index (χ3v) is 2.77. The van der Waals surface area contributed by atoms with Gasteiger partial charge in [0.2, 0.25) is 11.8 Å². The Morgan fingerprint density at radius 2 is 2.18 bits per heavy atom. The van der Waals surface area contributed by atoms with Crippen molar-refractivity contribution >= 4 is 11.8 Å². The van der Waals surface area contributed by atoms with Crippen molar-refractivity contribution in [2.24, 2.45) is 5.92 Å². The van der Waals surface area contributed by atoms with E-state index in [9.17, 15) is 9.59 Å². The van der Waals surface area contributed by atoms with Crippen LogP contribution in [0.15, 0.2) is 0 Å². The Balaban J connectivity index is 2.38. The van der Waals surface area contributed by atoms with Crippen molar-refractivity contribution in [3.8, 4) is 0 Å². The van der Waals surface area contributed by atoms with Crippen LogP contribution in [0.25, 0.3) is 0 Å². The van der Waals surface area contributed by atoms with Crippen LogP contribution >= 0.6 is 0 Å². The molecule has 1 saturated heterocycles. The fourth-order valence-electron chi connectivity index (χ4n) is 1.82. The number of rotatable bonds is 5. The van der Waals surface area contributed by atoms with Gasteiger partial charge in [-0.2, -0.15) is 0 Å². The number of hydrogen-bond donors (Lipinski definition) is 2. The lowest BCUT2D eigenvalue weighted by Crippen LogP contribution is -2.50. The molecule has 2 radical (unpaired) electrons. The Morgan fingerprint density at radius 3 is 2.65 bits per heavy atom. The molecule has 1 rings (SSSR count). The number of hydrogen-bond acceptors (Lipinski definition) is 3. The minimum absolute atomic E-state index is 0.00741. The fraction of sp³-hybridized carbons (Fsp3) is 0.750. The molecule has 17 heavy (non-hydrogen) atoms. The maximum Gasteiger partial charge on any atom is 0.242 e. The second-order valence-electron chi connectivity index (χ2n) is 4.61. The average molecular weight is 240 g/mol. The Bertz CT molecular complexity index is 273. The van der Waals surface area contributed by atoms with Crippen LogP contribution in [0.4, 0.5) is 0 Å². The lowest BCUT2D eigenvalue weighted by atomic mass is 10.0. The summed E-state index contributed by atoms with van der Waals surface area (Å²) in [6, 6.07) is -0.589. The third kappa shape index (κ3) is 4.73. The van der Waals surface area contributed by atoms with Gasteiger partial charge in [0.25, 0.3) is 0 Å². The highest BCUT2D eigenvalue weighted by atomic mass is 16.5. The van der Waals surface area contributed by atoms with Crippen LogP contribution in [-0.4, -0.2) is 37.1 Å². The van der Waals surface area contributed by atoms with Gasteiger partial charge >= 0.3 is 0 Å². The number of nitrogens with one attached hydrogen (secondary N) is 2. The molecule has 1 aliphatic rings. The van der Waals surface area contributed by atoms with Gasteiger partial charge in [-0.15, -0.1) is 0 Å². The van der Waals surface area contributed by atoms with E-state index in [2.05, 4.69) is 10.6 Å². The Hall–Kier alpha value is -1.10. The second-order valence-corrected chi connectivity index (χ2v) is 4.61. The third-order valence-electron chi connectivity index (χ3n) is 2.77. The van der Waals surface area contributed by atoms with Crippen LogP contribution in [0, 0.1) is 12.8 Å². The van der Waals surface area contributed by atoms with Gasteiger partial charge in [-0.05, 0) is 18.8 Å². The first-order valence-corrected chi connectivity index (χ1v) is 5.96. The monoisotopic (exact) mass is 240 g/mol. The van der Waals surface area contributed by atoms with Crippen LogP contribution in [-0.2, 0) is 14.3 Å². The lowest BCUT2D eigenvalue weighted by Gasteiger charge is -2.21. The van der Waals surface area contributed by atoms with E-state index < -0.39 is 11.9 Å². The van der Waals surface area contributed by atoms with Crippen molar-refractivity contribution in [3.63, 3.8) is 0 Å². The molecule has 2 amide bonds. The van der Waals surface area contributed by atoms with Crippen LogP contribution < -0.4 is 10.6 Å². The molecule has 0 spiro atoms. The van der Waals surface area contributed by atoms with E-state index in [4.69, 9.17) is 11.7 Å². The van der Waals surface area contributed by atoms with Gasteiger partial charge in [0, 0.05) is 13.2 Å². The summed E-state index contributed by atoms with van der Waals surface area (Å²) < 4.78 is 5.40. The van der Waals surface area contributed by atoms with Crippen molar-refractivity contribution in [1.29, 1.82) is 0 Å². The number of carbonyl (C=O) groups is 2. The molecule has 0 aromatic heterocycles. The van der Waals surface area contributed by atoms with E-state index >= 15 is 0 Å². The largest absolute Gasteiger partial charge is 0.376 e. The minimum Gasteiger partial charge on any atom is -0.376 e. The summed E-state index contributed by atoms with van der Waals surface area (Å²) in [6.45, 7) is 9.99. The zero-order valence-electron chi connectivity index (χ0n) is 10.4. The average Bonchev–Trinajstić information content (AvgIpc) is 2.74. The van der Waals surface area contributed by atoms with E-state index in [-0.39, 0.29) is 17.9 Å². The van der Waals surface area contributed by atoms with E-state index in [0.717, 1.165) is 19.4 Å². The van der Waals surface area contributed by atoms with Gasteiger partial charge in [0.15, 0.2) is 0 Å². The summed E-state index contributed by atoms with van der Waals surface area (Å²) in [5.41, 5.74) is 0. The van der Waals surface area contributed by atoms with Crippen LogP contribution in [0.3, 0.4) is 0 Å². The Morgan fingerprint density at radius 1 is 1.47 bits per heavy atom. The van der Waals surface area contributed by atoms with Gasteiger partial charge in [-0.1, -0.05) is 13.8 Å². The number of amides is 2. The second kappa shape index (κ2) is 6.59. The van der Waals surface area contributed by atoms with E-state index in [1.165, 1.54) is 0 Å². The van der Waals surface area contributed by atoms with Gasteiger partial charge in [0.1, 0.15) is 6.04 Å². The summed E-state index contributed by atoms with van der Waals surface area (Å²) in [4.78, 5) is 22.6. The van der Waals surface area contributed by atoms with Gasteiger partial charge < -0.3 is 15.4 Å². The van der Waals surface area contributed by atoms with E-state index in [0.29, 0.717) is 6.54 Å². The Kier molecular flexibility index (Phi) is 5.41. The molecule has 5 nitrogen and oxygen atoms in total. The molecule has 2 atom stereocenters. The molecule has 96 valence electrons. The first-order chi connectivity index (χ1) is 8.00. The predicted molar refractivity (Wildman–Crippen MR) is 63.1 cm³/mol. The molecule has 1 heterocycles. The molecular weight excluding hydrogens is 220 g/mol. The predicted octanol–water partition coefficient (Wildman–Crippen LogP) is 0.133. The zero-order valence-corrected chi connectivity index (χ0v) is 10.4. The molecule has 0 aliphatic carbocycles. The van der Waals surface area contributed by atoms with Crippen molar-refractivity contribution < 1.29 is 14.3 Å². The molecule has 2 unspecified atom stereocenters. The summed E-state index contributed by atoms with van der Waals surface area (Å²) in [5.74, 6) is -0.905. The lowest BCUT2D eigenvalue weighted by molar-refractivity contribution is -0.128. The van der Waals surface area contributed by atoms with E-state index in [1.54, 1.807) is 0 Å². The van der Waals surface area contributed by atoms with Gasteiger partial charge in [-0.25, -0.2) is 0 Å². The highest BCUT2D eigenvalue weighted by Crippen LogP contribution is 2.11. The molecule has 0 aromatic carbocycles. The van der Waals surface area contributed by atoms with Crippen LogP contribution in [0.2, 0.25) is 0 Å². The van der Waals surface area contributed by atoms with Gasteiger partial charge in [0.05, 0.1) is 13.0 Å². The topological polar surface area (TPSA) is 67.4 Å². The van der Waals surface area contributed by atoms with Crippen molar-refractivity contribution in [1.82, 2.24) is 10.6 Å². The van der Waals surface area contributed by atoms with Crippen LogP contribution in [0.1, 0.15) is 26.7 Å². The molecule has 1 aliphatic heterocycles. The first kappa shape index (κ1) is 14.0. The van der Waals surface area contributed by atoms with Crippen molar-refractivity contribution in [2.75, 3.05) is 13.2 Å². The highest BCUT2D eigenvalue weighted by Gasteiger charge is 2.24. The highest BCUT2D eigenvalue weighted by molar-refractivity contribution is 5.89.